The van der Waals surface area contributed by atoms with Gasteiger partial charge in [0.15, 0.2) is 0 Å². The third-order valence-electron chi connectivity index (χ3n) is 5.98. The van der Waals surface area contributed by atoms with Crippen molar-refractivity contribution in [1.29, 1.82) is 0 Å². The predicted octanol–water partition coefficient (Wildman–Crippen LogP) is 1.21. The SMILES string of the molecule is COc1ccc(COC(=O)C2(N3CCCCC3)CS[C@@H]3C(N)C(=O)N3C2)cc1. The van der Waals surface area contributed by atoms with Crippen molar-refractivity contribution in [3.63, 3.8) is 0 Å². The van der Waals surface area contributed by atoms with E-state index in [-0.39, 0.29) is 23.9 Å². The van der Waals surface area contributed by atoms with Gasteiger partial charge in [0, 0.05) is 5.75 Å². The Labute approximate surface area is 169 Å². The van der Waals surface area contributed by atoms with Crippen LogP contribution in [-0.2, 0) is 20.9 Å². The number of rotatable bonds is 5. The first-order valence-corrected chi connectivity index (χ1v) is 10.8. The fraction of sp³-hybridized carbons (Fsp3) is 0.600. The van der Waals surface area contributed by atoms with Gasteiger partial charge in [-0.25, -0.2) is 4.79 Å². The second-order valence-electron chi connectivity index (χ2n) is 7.70. The van der Waals surface area contributed by atoms with Gasteiger partial charge in [0.2, 0.25) is 5.91 Å². The number of ether oxygens (including phenoxy) is 2. The molecule has 0 aromatic heterocycles. The molecule has 1 aromatic carbocycles. The molecule has 1 aromatic rings. The van der Waals surface area contributed by atoms with Crippen LogP contribution < -0.4 is 10.5 Å². The number of fused-ring (bicyclic) bond motifs is 1. The first-order chi connectivity index (χ1) is 13.5. The number of hydrogen-bond donors (Lipinski definition) is 1. The van der Waals surface area contributed by atoms with Gasteiger partial charge in [-0.3, -0.25) is 9.69 Å². The van der Waals surface area contributed by atoms with Crippen LogP contribution in [0.5, 0.6) is 5.75 Å². The minimum Gasteiger partial charge on any atom is -0.497 e. The molecular formula is C20H27N3O4S. The highest BCUT2D eigenvalue weighted by Gasteiger charge is 2.58. The molecule has 2 N–H and O–H groups in total. The minimum absolute atomic E-state index is 0.0141. The van der Waals surface area contributed by atoms with Gasteiger partial charge in [-0.2, -0.15) is 0 Å². The molecule has 2 unspecified atom stereocenters. The fourth-order valence-corrected chi connectivity index (χ4v) is 5.75. The lowest BCUT2D eigenvalue weighted by Crippen LogP contribution is -2.77. The summed E-state index contributed by atoms with van der Waals surface area (Å²) in [6, 6.07) is 7.04. The number of methoxy groups -OCH3 is 1. The van der Waals surface area contributed by atoms with Crippen LogP contribution in [0.1, 0.15) is 24.8 Å². The number of hydrogen-bond acceptors (Lipinski definition) is 7. The summed E-state index contributed by atoms with van der Waals surface area (Å²) in [4.78, 5) is 29.5. The van der Waals surface area contributed by atoms with E-state index in [2.05, 4.69) is 4.90 Å². The zero-order valence-electron chi connectivity index (χ0n) is 16.1. The number of amides is 1. The van der Waals surface area contributed by atoms with E-state index in [1.165, 1.54) is 6.42 Å². The van der Waals surface area contributed by atoms with Crippen molar-refractivity contribution in [1.82, 2.24) is 9.80 Å². The summed E-state index contributed by atoms with van der Waals surface area (Å²) in [6.45, 7) is 2.30. The lowest BCUT2D eigenvalue weighted by atomic mass is 9.92. The van der Waals surface area contributed by atoms with Gasteiger partial charge in [-0.05, 0) is 43.6 Å². The number of nitrogens with two attached hydrogens (primary N) is 1. The number of carbonyl (C=O) groups excluding carboxylic acids is 2. The molecule has 0 bridgehead atoms. The van der Waals surface area contributed by atoms with Crippen LogP contribution in [0.2, 0.25) is 0 Å². The van der Waals surface area contributed by atoms with Gasteiger partial charge >= 0.3 is 5.97 Å². The summed E-state index contributed by atoms with van der Waals surface area (Å²) in [5, 5.41) is -0.0141. The van der Waals surface area contributed by atoms with Gasteiger partial charge in [0.05, 0.1) is 13.7 Å². The smallest absolute Gasteiger partial charge is 0.329 e. The number of benzene rings is 1. The summed E-state index contributed by atoms with van der Waals surface area (Å²) in [5.41, 5.74) is 6.05. The van der Waals surface area contributed by atoms with Crippen LogP contribution in [0.4, 0.5) is 0 Å². The Morgan fingerprint density at radius 1 is 1.25 bits per heavy atom. The Morgan fingerprint density at radius 3 is 2.64 bits per heavy atom. The number of likely N-dealkylation sites (tertiary alicyclic amines) is 1. The fourth-order valence-electron chi connectivity index (χ4n) is 4.23. The van der Waals surface area contributed by atoms with E-state index in [4.69, 9.17) is 15.2 Å². The van der Waals surface area contributed by atoms with Crippen LogP contribution in [-0.4, -0.2) is 71.1 Å². The molecule has 7 nitrogen and oxygen atoms in total. The maximum absolute atomic E-state index is 13.3. The van der Waals surface area contributed by atoms with Crippen molar-refractivity contribution in [3.05, 3.63) is 29.8 Å². The molecule has 4 rings (SSSR count). The van der Waals surface area contributed by atoms with E-state index >= 15 is 0 Å². The Morgan fingerprint density at radius 2 is 1.96 bits per heavy atom. The van der Waals surface area contributed by atoms with E-state index in [9.17, 15) is 9.59 Å². The van der Waals surface area contributed by atoms with E-state index in [1.54, 1.807) is 23.8 Å². The molecule has 3 saturated heterocycles. The minimum atomic E-state index is -0.788. The molecule has 0 aliphatic carbocycles. The Kier molecular flexibility index (Phi) is 5.53. The van der Waals surface area contributed by atoms with E-state index in [0.717, 1.165) is 37.2 Å². The summed E-state index contributed by atoms with van der Waals surface area (Å²) >= 11 is 1.60. The van der Waals surface area contributed by atoms with Crippen molar-refractivity contribution >= 4 is 23.6 Å². The zero-order chi connectivity index (χ0) is 19.7. The molecule has 3 heterocycles. The average molecular weight is 406 g/mol. The first-order valence-electron chi connectivity index (χ1n) is 9.78. The van der Waals surface area contributed by atoms with Crippen LogP contribution in [0.25, 0.3) is 0 Å². The molecule has 1 amide bonds. The van der Waals surface area contributed by atoms with E-state index < -0.39 is 11.6 Å². The van der Waals surface area contributed by atoms with Gasteiger partial charge < -0.3 is 20.1 Å². The van der Waals surface area contributed by atoms with Crippen LogP contribution >= 0.6 is 11.8 Å². The summed E-state index contributed by atoms with van der Waals surface area (Å²) in [6.07, 6.45) is 3.31. The molecule has 0 spiro atoms. The van der Waals surface area contributed by atoms with Crippen LogP contribution in [0, 0.1) is 0 Å². The van der Waals surface area contributed by atoms with Crippen LogP contribution in [0.3, 0.4) is 0 Å². The molecule has 3 fully saturated rings. The quantitative estimate of drug-likeness (QED) is 0.582. The first kappa shape index (κ1) is 19.5. The number of carbonyl (C=O) groups is 2. The molecule has 28 heavy (non-hydrogen) atoms. The molecule has 3 atom stereocenters. The lowest BCUT2D eigenvalue weighted by Gasteiger charge is -2.56. The average Bonchev–Trinajstić information content (AvgIpc) is 2.77. The number of esters is 1. The van der Waals surface area contributed by atoms with Crippen LogP contribution in [0.15, 0.2) is 24.3 Å². The number of nitrogens with zero attached hydrogens (tertiary/aromatic N) is 2. The second-order valence-corrected chi connectivity index (χ2v) is 8.80. The molecule has 0 radical (unpaired) electrons. The van der Waals surface area contributed by atoms with Crippen molar-refractivity contribution in [3.8, 4) is 5.75 Å². The van der Waals surface area contributed by atoms with Gasteiger partial charge in [0.25, 0.3) is 0 Å². The number of β-lactam (4-membered cyclic amide) rings is 1. The normalized spacial score (nSPS) is 30.4. The third-order valence-corrected chi connectivity index (χ3v) is 7.51. The Balaban J connectivity index is 1.49. The molecular weight excluding hydrogens is 378 g/mol. The van der Waals surface area contributed by atoms with Gasteiger partial charge in [-0.1, -0.05) is 18.6 Å². The Hall–Kier alpha value is -1.77. The molecule has 152 valence electrons. The zero-order valence-corrected chi connectivity index (χ0v) is 17.0. The maximum atomic E-state index is 13.3. The second kappa shape index (κ2) is 7.93. The third kappa shape index (κ3) is 3.38. The van der Waals surface area contributed by atoms with Gasteiger partial charge in [-0.15, -0.1) is 11.8 Å². The lowest BCUT2D eigenvalue weighted by molar-refractivity contribution is -0.166. The Bertz CT molecular complexity index is 737. The largest absolute Gasteiger partial charge is 0.497 e. The van der Waals surface area contributed by atoms with E-state index in [1.807, 2.05) is 24.3 Å². The van der Waals surface area contributed by atoms with Crippen molar-refractivity contribution in [2.75, 3.05) is 32.5 Å². The highest BCUT2D eigenvalue weighted by molar-refractivity contribution is 8.00. The summed E-state index contributed by atoms with van der Waals surface area (Å²) in [7, 11) is 1.62. The molecule has 3 aliphatic heterocycles. The molecule has 3 aliphatic rings. The number of piperidine rings is 1. The molecule has 0 saturated carbocycles. The molecule has 8 heteroatoms. The highest BCUT2D eigenvalue weighted by Crippen LogP contribution is 2.41. The maximum Gasteiger partial charge on any atom is 0.329 e. The number of thioether (sulfide) groups is 1. The van der Waals surface area contributed by atoms with Crippen molar-refractivity contribution in [2.24, 2.45) is 5.73 Å². The van der Waals surface area contributed by atoms with Crippen molar-refractivity contribution < 1.29 is 19.1 Å². The summed E-state index contributed by atoms with van der Waals surface area (Å²) < 4.78 is 10.9. The highest BCUT2D eigenvalue weighted by atomic mass is 32.2. The summed E-state index contributed by atoms with van der Waals surface area (Å²) in [5.74, 6) is 1.06. The van der Waals surface area contributed by atoms with Gasteiger partial charge in [0.1, 0.15) is 29.3 Å². The predicted molar refractivity (Wildman–Crippen MR) is 107 cm³/mol. The van der Waals surface area contributed by atoms with Crippen molar-refractivity contribution in [2.45, 2.75) is 42.8 Å². The van der Waals surface area contributed by atoms with E-state index in [0.29, 0.717) is 12.3 Å². The standard InChI is InChI=1S/C20H27N3O4S/c1-26-15-7-5-14(6-8-15)11-27-19(25)20(22-9-3-2-4-10-22)12-23-17(24)16(21)18(23)28-13-20/h5-8,16,18H,2-4,9-13,21H2,1H3/t16?,18-,20?/m1/s1. The topological polar surface area (TPSA) is 85.1 Å². The monoisotopic (exact) mass is 405 g/mol.